The minimum Gasteiger partial charge on any atom is -0.383 e. The maximum atomic E-state index is 4.39. The van der Waals surface area contributed by atoms with Gasteiger partial charge in [0.15, 0.2) is 0 Å². The van der Waals surface area contributed by atoms with Crippen LogP contribution in [0, 0.1) is 5.92 Å². The summed E-state index contributed by atoms with van der Waals surface area (Å²) in [5.41, 5.74) is 1.11. The molecule has 0 radical (unpaired) electrons. The molecular weight excluding hydrogens is 212 g/mol. The molecule has 1 aromatic rings. The van der Waals surface area contributed by atoms with E-state index in [0.717, 1.165) is 30.5 Å². The van der Waals surface area contributed by atoms with Crippen LogP contribution in [0.2, 0.25) is 0 Å². The molecular formula is C13H22N4. The van der Waals surface area contributed by atoms with E-state index in [-0.39, 0.29) is 0 Å². The Morgan fingerprint density at radius 2 is 2.35 bits per heavy atom. The third kappa shape index (κ3) is 3.60. The van der Waals surface area contributed by atoms with E-state index in [1.807, 2.05) is 31.3 Å². The highest BCUT2D eigenvalue weighted by molar-refractivity contribution is 5.47. The zero-order valence-electron chi connectivity index (χ0n) is 10.7. The molecule has 1 aliphatic rings. The number of piperidine rings is 1. The number of rotatable bonds is 4. The van der Waals surface area contributed by atoms with Crippen molar-refractivity contribution in [3.05, 3.63) is 18.3 Å². The van der Waals surface area contributed by atoms with E-state index in [1.165, 1.54) is 19.4 Å². The second kappa shape index (κ2) is 5.87. The lowest BCUT2D eigenvalue weighted by atomic mass is 10.00. The van der Waals surface area contributed by atoms with Gasteiger partial charge in [-0.2, -0.15) is 0 Å². The number of nitrogens with one attached hydrogen (secondary N) is 2. The summed E-state index contributed by atoms with van der Waals surface area (Å²) in [6.07, 6.45) is 4.53. The normalized spacial score (nSPS) is 20.0. The third-order valence-corrected chi connectivity index (χ3v) is 3.20. The maximum Gasteiger partial charge on any atom is 0.128 e. The van der Waals surface area contributed by atoms with Gasteiger partial charge in [-0.05, 0) is 44.0 Å². The Hall–Kier alpha value is -1.29. The zero-order chi connectivity index (χ0) is 12.1. The lowest BCUT2D eigenvalue weighted by Crippen LogP contribution is -2.33. The Balaban J connectivity index is 1.82. The van der Waals surface area contributed by atoms with Gasteiger partial charge in [0, 0.05) is 20.6 Å². The first-order chi connectivity index (χ1) is 8.25. The van der Waals surface area contributed by atoms with Crippen LogP contribution in [0.15, 0.2) is 18.3 Å². The Kier molecular flexibility index (Phi) is 4.20. The molecule has 1 fully saturated rings. The number of hydrogen-bond acceptors (Lipinski definition) is 4. The molecule has 2 heterocycles. The molecule has 1 aromatic heterocycles. The van der Waals surface area contributed by atoms with Gasteiger partial charge in [-0.15, -0.1) is 0 Å². The van der Waals surface area contributed by atoms with Gasteiger partial charge in [-0.3, -0.25) is 0 Å². The molecule has 0 saturated carbocycles. The van der Waals surface area contributed by atoms with Crippen LogP contribution in [-0.2, 0) is 0 Å². The number of nitrogens with zero attached hydrogens (tertiary/aromatic N) is 2. The first kappa shape index (κ1) is 12.2. The summed E-state index contributed by atoms with van der Waals surface area (Å²) in [6, 6.07) is 4.14. The molecule has 1 atom stereocenters. The van der Waals surface area contributed by atoms with Crippen LogP contribution in [0.4, 0.5) is 11.5 Å². The molecule has 4 nitrogen and oxygen atoms in total. The average molecular weight is 234 g/mol. The lowest BCUT2D eigenvalue weighted by Gasteiger charge is -2.23. The first-order valence-corrected chi connectivity index (χ1v) is 6.33. The SMILES string of the molecule is CN(C)c1ccc(NCC2CCCNC2)cn1. The summed E-state index contributed by atoms with van der Waals surface area (Å²) < 4.78 is 0. The highest BCUT2D eigenvalue weighted by atomic mass is 15.1. The first-order valence-electron chi connectivity index (χ1n) is 6.33. The van der Waals surface area contributed by atoms with Crippen molar-refractivity contribution in [2.24, 2.45) is 5.92 Å². The fraction of sp³-hybridized carbons (Fsp3) is 0.615. The number of aromatic nitrogens is 1. The van der Waals surface area contributed by atoms with Gasteiger partial charge in [0.2, 0.25) is 0 Å². The van der Waals surface area contributed by atoms with Crippen LogP contribution in [0.5, 0.6) is 0 Å². The van der Waals surface area contributed by atoms with Gasteiger partial charge in [0.25, 0.3) is 0 Å². The van der Waals surface area contributed by atoms with Gasteiger partial charge in [-0.1, -0.05) is 0 Å². The largest absolute Gasteiger partial charge is 0.383 e. The summed E-state index contributed by atoms with van der Waals surface area (Å²) in [4.78, 5) is 6.40. The average Bonchev–Trinajstić information content (AvgIpc) is 2.38. The van der Waals surface area contributed by atoms with Crippen LogP contribution < -0.4 is 15.5 Å². The van der Waals surface area contributed by atoms with E-state index >= 15 is 0 Å². The Labute approximate surface area is 103 Å². The van der Waals surface area contributed by atoms with E-state index in [9.17, 15) is 0 Å². The molecule has 0 bridgehead atoms. The van der Waals surface area contributed by atoms with E-state index in [4.69, 9.17) is 0 Å². The highest BCUT2D eigenvalue weighted by Crippen LogP contribution is 2.14. The molecule has 1 unspecified atom stereocenters. The number of anilines is 2. The molecule has 1 saturated heterocycles. The van der Waals surface area contributed by atoms with E-state index < -0.39 is 0 Å². The Morgan fingerprint density at radius 3 is 2.94 bits per heavy atom. The number of pyridine rings is 1. The molecule has 1 aliphatic heterocycles. The molecule has 0 aliphatic carbocycles. The topological polar surface area (TPSA) is 40.2 Å². The smallest absolute Gasteiger partial charge is 0.128 e. The predicted octanol–water partition coefficient (Wildman–Crippen LogP) is 1.56. The summed E-state index contributed by atoms with van der Waals surface area (Å²) in [7, 11) is 4.01. The van der Waals surface area contributed by atoms with Crippen LogP contribution in [-0.4, -0.2) is 38.7 Å². The van der Waals surface area contributed by atoms with Crippen molar-refractivity contribution >= 4 is 11.5 Å². The van der Waals surface area contributed by atoms with Crippen molar-refractivity contribution in [1.82, 2.24) is 10.3 Å². The fourth-order valence-corrected chi connectivity index (χ4v) is 2.12. The van der Waals surface area contributed by atoms with Crippen molar-refractivity contribution in [3.63, 3.8) is 0 Å². The van der Waals surface area contributed by atoms with Crippen molar-refractivity contribution in [2.45, 2.75) is 12.8 Å². The monoisotopic (exact) mass is 234 g/mol. The van der Waals surface area contributed by atoms with E-state index in [1.54, 1.807) is 0 Å². The van der Waals surface area contributed by atoms with Crippen LogP contribution in [0.25, 0.3) is 0 Å². The van der Waals surface area contributed by atoms with E-state index in [2.05, 4.69) is 21.7 Å². The Morgan fingerprint density at radius 1 is 1.47 bits per heavy atom. The minimum atomic E-state index is 0.747. The second-order valence-electron chi connectivity index (χ2n) is 4.89. The standard InChI is InChI=1S/C13H22N4/c1-17(2)13-6-5-12(10-16-13)15-9-11-4-3-7-14-8-11/h5-6,10-11,14-15H,3-4,7-9H2,1-2H3. The van der Waals surface area contributed by atoms with Gasteiger partial charge in [-0.25, -0.2) is 4.98 Å². The van der Waals surface area contributed by atoms with Gasteiger partial charge in [0.1, 0.15) is 5.82 Å². The van der Waals surface area contributed by atoms with Crippen molar-refractivity contribution in [3.8, 4) is 0 Å². The Bertz CT molecular complexity index is 328. The lowest BCUT2D eigenvalue weighted by molar-refractivity contribution is 0.393. The zero-order valence-corrected chi connectivity index (χ0v) is 10.7. The van der Waals surface area contributed by atoms with Crippen molar-refractivity contribution < 1.29 is 0 Å². The second-order valence-corrected chi connectivity index (χ2v) is 4.89. The van der Waals surface area contributed by atoms with Gasteiger partial charge in [0.05, 0.1) is 11.9 Å². The van der Waals surface area contributed by atoms with Crippen molar-refractivity contribution in [2.75, 3.05) is 43.9 Å². The summed E-state index contributed by atoms with van der Waals surface area (Å²) in [6.45, 7) is 3.35. The summed E-state index contributed by atoms with van der Waals surface area (Å²) >= 11 is 0. The maximum absolute atomic E-state index is 4.39. The van der Waals surface area contributed by atoms with Gasteiger partial charge < -0.3 is 15.5 Å². The summed E-state index contributed by atoms with van der Waals surface area (Å²) in [5.74, 6) is 1.74. The molecule has 94 valence electrons. The van der Waals surface area contributed by atoms with Crippen LogP contribution in [0.1, 0.15) is 12.8 Å². The number of hydrogen-bond donors (Lipinski definition) is 2. The minimum absolute atomic E-state index is 0.747. The molecule has 0 aromatic carbocycles. The molecule has 2 rings (SSSR count). The predicted molar refractivity (Wildman–Crippen MR) is 72.6 cm³/mol. The molecule has 2 N–H and O–H groups in total. The molecule has 4 heteroatoms. The quantitative estimate of drug-likeness (QED) is 0.829. The summed E-state index contributed by atoms with van der Waals surface area (Å²) in [5, 5.41) is 6.89. The fourth-order valence-electron chi connectivity index (χ4n) is 2.12. The molecule has 0 spiro atoms. The van der Waals surface area contributed by atoms with Gasteiger partial charge >= 0.3 is 0 Å². The van der Waals surface area contributed by atoms with Crippen molar-refractivity contribution in [1.29, 1.82) is 0 Å². The van der Waals surface area contributed by atoms with Crippen LogP contribution in [0.3, 0.4) is 0 Å². The molecule has 17 heavy (non-hydrogen) atoms. The van der Waals surface area contributed by atoms with E-state index in [0.29, 0.717) is 0 Å². The molecule has 0 amide bonds. The van der Waals surface area contributed by atoms with Crippen LogP contribution >= 0.6 is 0 Å². The third-order valence-electron chi connectivity index (χ3n) is 3.20. The highest BCUT2D eigenvalue weighted by Gasteiger charge is 2.12.